The Kier molecular flexibility index (Phi) is 3.57. The Morgan fingerprint density at radius 3 is 2.72 bits per heavy atom. The van der Waals surface area contributed by atoms with Crippen LogP contribution in [0.4, 0.5) is 4.39 Å². The summed E-state index contributed by atoms with van der Waals surface area (Å²) >= 11 is 0. The van der Waals surface area contributed by atoms with Crippen LogP contribution in [-0.4, -0.2) is 27.5 Å². The van der Waals surface area contributed by atoms with E-state index >= 15 is 0 Å². The van der Waals surface area contributed by atoms with Crippen LogP contribution in [0, 0.1) is 5.82 Å². The van der Waals surface area contributed by atoms with Gasteiger partial charge in [-0.2, -0.15) is 0 Å². The smallest absolute Gasteiger partial charge is 0.360 e. The van der Waals surface area contributed by atoms with Gasteiger partial charge in [-0.05, 0) is 19.1 Å². The highest BCUT2D eigenvalue weighted by atomic mass is 19.1. The van der Waals surface area contributed by atoms with Crippen molar-refractivity contribution < 1.29 is 13.9 Å². The molecule has 0 aliphatic carbocycles. The Labute approximate surface area is 103 Å². The van der Waals surface area contributed by atoms with Gasteiger partial charge in [-0.3, -0.25) is 4.98 Å². The van der Waals surface area contributed by atoms with E-state index in [1.807, 2.05) is 0 Å². The van der Waals surface area contributed by atoms with Gasteiger partial charge in [0.15, 0.2) is 11.5 Å². The minimum atomic E-state index is -0.798. The monoisotopic (exact) mass is 247 g/mol. The zero-order chi connectivity index (χ0) is 13.0. The van der Waals surface area contributed by atoms with Gasteiger partial charge < -0.3 is 4.74 Å². The molecular formula is C12H10FN3O2. The first kappa shape index (κ1) is 12.1. The zero-order valence-corrected chi connectivity index (χ0v) is 9.63. The number of carbonyl (C=O) groups is 1. The molecular weight excluding hydrogens is 237 g/mol. The van der Waals surface area contributed by atoms with Gasteiger partial charge in [-0.25, -0.2) is 19.2 Å². The second-order valence-corrected chi connectivity index (χ2v) is 3.34. The largest absolute Gasteiger partial charge is 0.461 e. The van der Waals surface area contributed by atoms with E-state index in [-0.39, 0.29) is 18.0 Å². The third-order valence-electron chi connectivity index (χ3n) is 2.21. The normalized spacial score (nSPS) is 10.1. The molecule has 2 aromatic rings. The van der Waals surface area contributed by atoms with E-state index in [0.29, 0.717) is 5.56 Å². The van der Waals surface area contributed by atoms with Gasteiger partial charge in [0.2, 0.25) is 0 Å². The molecule has 5 nitrogen and oxygen atoms in total. The predicted molar refractivity (Wildman–Crippen MR) is 61.2 cm³/mol. The molecule has 0 bridgehead atoms. The lowest BCUT2D eigenvalue weighted by Crippen LogP contribution is -2.11. The van der Waals surface area contributed by atoms with Crippen LogP contribution in [0.15, 0.2) is 30.9 Å². The third-order valence-corrected chi connectivity index (χ3v) is 2.21. The molecule has 0 amide bonds. The Bertz CT molecular complexity index is 561. The first-order valence-electron chi connectivity index (χ1n) is 5.32. The summed E-state index contributed by atoms with van der Waals surface area (Å²) in [6, 6.07) is 3.20. The molecule has 0 N–H and O–H groups in total. The van der Waals surface area contributed by atoms with Crippen LogP contribution < -0.4 is 0 Å². The number of hydrogen-bond acceptors (Lipinski definition) is 5. The summed E-state index contributed by atoms with van der Waals surface area (Å²) in [6.45, 7) is 1.80. The van der Waals surface area contributed by atoms with Crippen LogP contribution in [0.25, 0.3) is 11.3 Å². The number of hydrogen-bond donors (Lipinski definition) is 0. The molecule has 0 unspecified atom stereocenters. The Balaban J connectivity index is 2.46. The summed E-state index contributed by atoms with van der Waals surface area (Å²) in [5.74, 6) is -1.59. The lowest BCUT2D eigenvalue weighted by atomic mass is 10.1. The number of nitrogens with zero attached hydrogens (tertiary/aromatic N) is 3. The maximum atomic E-state index is 14.1. The third kappa shape index (κ3) is 2.32. The van der Waals surface area contributed by atoms with Gasteiger partial charge in [0.25, 0.3) is 0 Å². The van der Waals surface area contributed by atoms with Crippen molar-refractivity contribution >= 4 is 5.97 Å². The standard InChI is InChI=1S/C12H10FN3O2/c1-2-18-12(17)11-9(13)10(15-7-16-11)8-3-5-14-6-4-8/h3-7H,2H2,1H3. The number of rotatable bonds is 3. The van der Waals surface area contributed by atoms with Crippen molar-refractivity contribution in [3.63, 3.8) is 0 Å². The molecule has 2 rings (SSSR count). The SMILES string of the molecule is CCOC(=O)c1ncnc(-c2ccncc2)c1F. The van der Waals surface area contributed by atoms with Crippen molar-refractivity contribution in [3.8, 4) is 11.3 Å². The van der Waals surface area contributed by atoms with Crippen LogP contribution in [0.5, 0.6) is 0 Å². The first-order chi connectivity index (χ1) is 8.74. The van der Waals surface area contributed by atoms with E-state index in [0.717, 1.165) is 6.33 Å². The highest BCUT2D eigenvalue weighted by Crippen LogP contribution is 2.20. The maximum Gasteiger partial charge on any atom is 0.360 e. The van der Waals surface area contributed by atoms with Gasteiger partial charge in [0.05, 0.1) is 6.61 Å². The topological polar surface area (TPSA) is 65.0 Å². The van der Waals surface area contributed by atoms with E-state index in [4.69, 9.17) is 4.74 Å². The van der Waals surface area contributed by atoms with Crippen LogP contribution in [0.2, 0.25) is 0 Å². The van der Waals surface area contributed by atoms with E-state index in [2.05, 4.69) is 15.0 Å². The molecule has 0 radical (unpaired) electrons. The molecule has 0 saturated heterocycles. The molecule has 0 aliphatic rings. The van der Waals surface area contributed by atoms with Crippen molar-refractivity contribution in [1.82, 2.24) is 15.0 Å². The van der Waals surface area contributed by atoms with E-state index in [9.17, 15) is 9.18 Å². The minimum Gasteiger partial charge on any atom is -0.461 e. The lowest BCUT2D eigenvalue weighted by Gasteiger charge is -2.05. The average molecular weight is 247 g/mol. The Morgan fingerprint density at radius 2 is 2.06 bits per heavy atom. The fraction of sp³-hybridized carbons (Fsp3) is 0.167. The van der Waals surface area contributed by atoms with Crippen molar-refractivity contribution in [2.24, 2.45) is 0 Å². The highest BCUT2D eigenvalue weighted by molar-refractivity contribution is 5.88. The first-order valence-corrected chi connectivity index (χ1v) is 5.32. The molecule has 0 spiro atoms. The van der Waals surface area contributed by atoms with Crippen molar-refractivity contribution in [2.45, 2.75) is 6.92 Å². The highest BCUT2D eigenvalue weighted by Gasteiger charge is 2.19. The van der Waals surface area contributed by atoms with Crippen LogP contribution in [0.1, 0.15) is 17.4 Å². The van der Waals surface area contributed by atoms with E-state index < -0.39 is 11.8 Å². The minimum absolute atomic E-state index is 0.0513. The van der Waals surface area contributed by atoms with Crippen LogP contribution in [-0.2, 0) is 4.74 Å². The second kappa shape index (κ2) is 5.31. The summed E-state index contributed by atoms with van der Waals surface area (Å²) in [6.07, 6.45) is 4.16. The molecule has 0 saturated carbocycles. The van der Waals surface area contributed by atoms with Crippen molar-refractivity contribution in [1.29, 1.82) is 0 Å². The molecule has 18 heavy (non-hydrogen) atoms. The molecule has 6 heteroatoms. The van der Waals surface area contributed by atoms with Gasteiger partial charge >= 0.3 is 5.97 Å². The molecule has 0 fully saturated rings. The Hall–Kier alpha value is -2.37. The summed E-state index contributed by atoms with van der Waals surface area (Å²) in [5.41, 5.74) is 0.213. The van der Waals surface area contributed by atoms with Gasteiger partial charge in [0.1, 0.15) is 12.0 Å². The second-order valence-electron chi connectivity index (χ2n) is 3.34. The number of aromatic nitrogens is 3. The fourth-order valence-electron chi connectivity index (χ4n) is 1.42. The van der Waals surface area contributed by atoms with Gasteiger partial charge in [0, 0.05) is 18.0 Å². The van der Waals surface area contributed by atoms with Gasteiger partial charge in [-0.1, -0.05) is 0 Å². The summed E-state index contributed by atoms with van der Waals surface area (Å²) in [4.78, 5) is 22.8. The summed E-state index contributed by atoms with van der Waals surface area (Å²) in [5, 5.41) is 0. The zero-order valence-electron chi connectivity index (χ0n) is 9.63. The predicted octanol–water partition coefficient (Wildman–Crippen LogP) is 1.85. The summed E-state index contributed by atoms with van der Waals surface area (Å²) in [7, 11) is 0. The number of pyridine rings is 1. The molecule has 2 aromatic heterocycles. The molecule has 92 valence electrons. The molecule has 0 aliphatic heterocycles. The molecule has 0 aromatic carbocycles. The summed E-state index contributed by atoms with van der Waals surface area (Å²) < 4.78 is 18.8. The van der Waals surface area contributed by atoms with Crippen LogP contribution >= 0.6 is 0 Å². The molecule has 0 atom stereocenters. The average Bonchev–Trinajstić information content (AvgIpc) is 2.40. The van der Waals surface area contributed by atoms with Gasteiger partial charge in [-0.15, -0.1) is 0 Å². The molecule has 2 heterocycles. The quantitative estimate of drug-likeness (QED) is 0.774. The van der Waals surface area contributed by atoms with Crippen molar-refractivity contribution in [2.75, 3.05) is 6.61 Å². The lowest BCUT2D eigenvalue weighted by molar-refractivity contribution is 0.0513. The fourth-order valence-corrected chi connectivity index (χ4v) is 1.42. The number of ether oxygens (including phenoxy) is 1. The number of esters is 1. The number of halogens is 1. The van der Waals surface area contributed by atoms with Crippen LogP contribution in [0.3, 0.4) is 0 Å². The Morgan fingerprint density at radius 1 is 1.33 bits per heavy atom. The maximum absolute atomic E-state index is 14.1. The van der Waals surface area contributed by atoms with E-state index in [1.54, 1.807) is 19.1 Å². The van der Waals surface area contributed by atoms with Crippen molar-refractivity contribution in [3.05, 3.63) is 42.4 Å². The van der Waals surface area contributed by atoms with E-state index in [1.165, 1.54) is 12.4 Å². The number of carbonyl (C=O) groups excluding carboxylic acids is 1.